The van der Waals surface area contributed by atoms with E-state index in [2.05, 4.69) is 0 Å². The Labute approximate surface area is 115 Å². The highest BCUT2D eigenvalue weighted by Gasteiger charge is 2.41. The number of carboxylic acid groups (broad SMARTS) is 1. The van der Waals surface area contributed by atoms with Gasteiger partial charge in [-0.05, 0) is 0 Å². The van der Waals surface area contributed by atoms with E-state index in [1.807, 2.05) is 0 Å². The number of carbonyl (C=O) groups is 1. The third-order valence-electron chi connectivity index (χ3n) is 3.60. The summed E-state index contributed by atoms with van der Waals surface area (Å²) in [6, 6.07) is 1.58. The van der Waals surface area contributed by atoms with Crippen molar-refractivity contribution >= 4 is 17.3 Å². The van der Waals surface area contributed by atoms with Crippen LogP contribution < -0.4 is 4.74 Å². The van der Waals surface area contributed by atoms with E-state index in [4.69, 9.17) is 19.3 Å². The van der Waals surface area contributed by atoms with Crippen molar-refractivity contribution in [2.45, 2.75) is 31.0 Å². The summed E-state index contributed by atoms with van der Waals surface area (Å²) in [5.74, 6) is -0.268. The van der Waals surface area contributed by atoms with Crippen LogP contribution in [0.1, 0.15) is 28.9 Å². The van der Waals surface area contributed by atoms with Crippen LogP contribution in [0.3, 0.4) is 0 Å². The molecule has 3 heterocycles. The van der Waals surface area contributed by atoms with Crippen LogP contribution in [0, 0.1) is 0 Å². The fourth-order valence-electron chi connectivity index (χ4n) is 2.63. The highest BCUT2D eigenvalue weighted by molar-refractivity contribution is 7.12. The van der Waals surface area contributed by atoms with E-state index in [-0.39, 0.29) is 11.7 Å². The second kappa shape index (κ2) is 5.11. The van der Waals surface area contributed by atoms with E-state index in [1.165, 1.54) is 11.3 Å². The molecule has 0 aromatic carbocycles. The van der Waals surface area contributed by atoms with Crippen molar-refractivity contribution in [2.24, 2.45) is 0 Å². The molecule has 5 nitrogen and oxygen atoms in total. The molecule has 2 aliphatic rings. The topological polar surface area (TPSA) is 65.0 Å². The van der Waals surface area contributed by atoms with Gasteiger partial charge < -0.3 is 19.3 Å². The molecule has 2 unspecified atom stereocenters. The number of hydrogen-bond acceptors (Lipinski definition) is 5. The van der Waals surface area contributed by atoms with E-state index < -0.39 is 5.97 Å². The van der Waals surface area contributed by atoms with E-state index >= 15 is 0 Å². The number of carboxylic acids is 1. The summed E-state index contributed by atoms with van der Waals surface area (Å²) in [5, 5.41) is 10.6. The molecule has 2 aliphatic heterocycles. The lowest BCUT2D eigenvalue weighted by Gasteiger charge is -2.36. The zero-order chi connectivity index (χ0) is 13.3. The molecule has 0 radical (unpaired) electrons. The van der Waals surface area contributed by atoms with E-state index in [1.54, 1.807) is 11.4 Å². The van der Waals surface area contributed by atoms with Crippen molar-refractivity contribution in [3.05, 3.63) is 16.3 Å². The molecule has 0 saturated carbocycles. The molecule has 0 bridgehead atoms. The maximum atomic E-state index is 10.8. The van der Waals surface area contributed by atoms with Gasteiger partial charge in [-0.3, -0.25) is 0 Å². The first-order valence-corrected chi connectivity index (χ1v) is 7.25. The Bertz CT molecular complexity index is 463. The average molecular weight is 284 g/mol. The Morgan fingerprint density at radius 1 is 1.53 bits per heavy atom. The largest absolute Gasteiger partial charge is 0.489 e. The first kappa shape index (κ1) is 12.9. The lowest BCUT2D eigenvalue weighted by molar-refractivity contribution is -0.112. The number of rotatable bonds is 3. The van der Waals surface area contributed by atoms with E-state index in [9.17, 15) is 4.79 Å². The van der Waals surface area contributed by atoms with Gasteiger partial charge >= 0.3 is 5.97 Å². The van der Waals surface area contributed by atoms with Crippen molar-refractivity contribution in [2.75, 3.05) is 19.8 Å². The molecule has 2 saturated heterocycles. The lowest BCUT2D eigenvalue weighted by atomic mass is 9.91. The summed E-state index contributed by atoms with van der Waals surface area (Å²) in [5.41, 5.74) is -0.186. The SMILES string of the molecule is O=C(O)c1cc(OC2CCOC3(CCOC3)C2)cs1. The predicted molar refractivity (Wildman–Crippen MR) is 69.0 cm³/mol. The molecule has 1 spiro atoms. The zero-order valence-electron chi connectivity index (χ0n) is 10.5. The highest BCUT2D eigenvalue weighted by Crippen LogP contribution is 2.35. The number of aromatic carboxylic acids is 1. The molecular formula is C13H16O5S. The van der Waals surface area contributed by atoms with E-state index in [0.29, 0.717) is 23.8 Å². The molecule has 2 atom stereocenters. The van der Waals surface area contributed by atoms with Crippen LogP contribution in [0.4, 0.5) is 0 Å². The Morgan fingerprint density at radius 3 is 3.11 bits per heavy atom. The van der Waals surface area contributed by atoms with Crippen molar-refractivity contribution < 1.29 is 24.1 Å². The maximum absolute atomic E-state index is 10.8. The van der Waals surface area contributed by atoms with Crippen molar-refractivity contribution in [1.29, 1.82) is 0 Å². The molecule has 104 valence electrons. The smallest absolute Gasteiger partial charge is 0.346 e. The van der Waals surface area contributed by atoms with Crippen molar-refractivity contribution in [1.82, 2.24) is 0 Å². The fourth-order valence-corrected chi connectivity index (χ4v) is 3.28. The fraction of sp³-hybridized carbons (Fsp3) is 0.615. The lowest BCUT2D eigenvalue weighted by Crippen LogP contribution is -2.44. The minimum absolute atomic E-state index is 0.0756. The molecule has 0 aliphatic carbocycles. The highest BCUT2D eigenvalue weighted by atomic mass is 32.1. The first-order valence-electron chi connectivity index (χ1n) is 6.37. The second-order valence-corrected chi connectivity index (χ2v) is 5.93. The Balaban J connectivity index is 1.64. The number of thiophene rings is 1. The zero-order valence-corrected chi connectivity index (χ0v) is 11.3. The third-order valence-corrected chi connectivity index (χ3v) is 4.50. The van der Waals surface area contributed by atoms with Gasteiger partial charge in [-0.15, -0.1) is 11.3 Å². The Kier molecular flexibility index (Phi) is 3.47. The van der Waals surface area contributed by atoms with Gasteiger partial charge in [0.25, 0.3) is 0 Å². The van der Waals surface area contributed by atoms with Crippen LogP contribution in [0.2, 0.25) is 0 Å². The molecule has 6 heteroatoms. The van der Waals surface area contributed by atoms with Crippen LogP contribution >= 0.6 is 11.3 Å². The Morgan fingerprint density at radius 2 is 2.42 bits per heavy atom. The van der Waals surface area contributed by atoms with Gasteiger partial charge in [-0.1, -0.05) is 0 Å². The molecule has 1 N–H and O–H groups in total. The summed E-state index contributed by atoms with van der Waals surface area (Å²) >= 11 is 1.19. The van der Waals surface area contributed by atoms with Crippen LogP contribution in [0.15, 0.2) is 11.4 Å². The number of hydrogen-bond donors (Lipinski definition) is 1. The molecule has 2 fully saturated rings. The van der Waals surface area contributed by atoms with Crippen LogP contribution in [0.25, 0.3) is 0 Å². The van der Waals surface area contributed by atoms with Crippen molar-refractivity contribution in [3.63, 3.8) is 0 Å². The minimum Gasteiger partial charge on any atom is -0.489 e. The van der Waals surface area contributed by atoms with Gasteiger partial charge in [0.15, 0.2) is 0 Å². The molecule has 1 aromatic rings. The molecule has 1 aromatic heterocycles. The first-order chi connectivity index (χ1) is 9.17. The minimum atomic E-state index is -0.910. The summed E-state index contributed by atoms with van der Waals surface area (Å²) < 4.78 is 17.1. The standard InChI is InChI=1S/C13H16O5S/c14-12(15)11-5-10(7-19-11)18-9-1-3-17-13(6-9)2-4-16-8-13/h5,7,9H,1-4,6,8H2,(H,14,15). The van der Waals surface area contributed by atoms with Gasteiger partial charge in [0.2, 0.25) is 0 Å². The van der Waals surface area contributed by atoms with Gasteiger partial charge in [-0.25, -0.2) is 4.79 Å². The summed E-state index contributed by atoms with van der Waals surface area (Å²) in [6.07, 6.45) is 2.63. The summed E-state index contributed by atoms with van der Waals surface area (Å²) in [4.78, 5) is 11.1. The molecule has 3 rings (SSSR count). The van der Waals surface area contributed by atoms with Crippen LogP contribution in [0.5, 0.6) is 5.75 Å². The van der Waals surface area contributed by atoms with Gasteiger partial charge in [0, 0.05) is 37.3 Å². The molecule has 0 amide bonds. The molecular weight excluding hydrogens is 268 g/mol. The molecule has 19 heavy (non-hydrogen) atoms. The van der Waals surface area contributed by atoms with E-state index in [0.717, 1.165) is 25.9 Å². The predicted octanol–water partition coefficient (Wildman–Crippen LogP) is 2.16. The monoisotopic (exact) mass is 284 g/mol. The number of ether oxygens (including phenoxy) is 3. The summed E-state index contributed by atoms with van der Waals surface area (Å²) in [6.45, 7) is 2.05. The van der Waals surface area contributed by atoms with Crippen LogP contribution in [-0.4, -0.2) is 42.6 Å². The van der Waals surface area contributed by atoms with Gasteiger partial charge in [0.1, 0.15) is 16.7 Å². The average Bonchev–Trinajstić information content (AvgIpc) is 3.00. The van der Waals surface area contributed by atoms with Crippen LogP contribution in [-0.2, 0) is 9.47 Å². The van der Waals surface area contributed by atoms with Crippen molar-refractivity contribution in [3.8, 4) is 5.75 Å². The summed E-state index contributed by atoms with van der Waals surface area (Å²) in [7, 11) is 0. The Hall–Kier alpha value is -1.11. The normalized spacial score (nSPS) is 30.6. The van der Waals surface area contributed by atoms with Gasteiger partial charge in [-0.2, -0.15) is 0 Å². The third kappa shape index (κ3) is 2.75. The quantitative estimate of drug-likeness (QED) is 0.921. The maximum Gasteiger partial charge on any atom is 0.346 e. The van der Waals surface area contributed by atoms with Gasteiger partial charge in [0.05, 0.1) is 18.8 Å². The second-order valence-electron chi connectivity index (χ2n) is 5.02.